The van der Waals surface area contributed by atoms with Crippen LogP contribution in [-0.4, -0.2) is 59.6 Å². The molecule has 2 aliphatic heterocycles. The number of carbonyl (C=O) groups excluding carboxylic acids is 2. The van der Waals surface area contributed by atoms with Gasteiger partial charge in [0.2, 0.25) is 5.91 Å². The van der Waals surface area contributed by atoms with Crippen molar-refractivity contribution in [3.63, 3.8) is 0 Å². The van der Waals surface area contributed by atoms with Gasteiger partial charge >= 0.3 is 5.97 Å². The minimum absolute atomic E-state index is 0.156. The van der Waals surface area contributed by atoms with Crippen molar-refractivity contribution in [3.05, 3.63) is 45.1 Å². The first-order valence-electron chi connectivity index (χ1n) is 7.78. The summed E-state index contributed by atoms with van der Waals surface area (Å²) < 4.78 is 22.6. The van der Waals surface area contributed by atoms with Crippen LogP contribution in [0.25, 0.3) is 0 Å². The molecule has 2 atom stereocenters. The molecule has 0 unspecified atom stereocenters. The number of amides is 2. The molecule has 2 aliphatic rings. The molecule has 1 fully saturated rings. The molecule has 0 aliphatic carbocycles. The minimum Gasteiger partial charge on any atom is -0.477 e. The van der Waals surface area contributed by atoms with Gasteiger partial charge in [0.15, 0.2) is 9.84 Å². The lowest BCUT2D eigenvalue weighted by Gasteiger charge is -2.49. The van der Waals surface area contributed by atoms with Crippen LogP contribution < -0.4 is 5.32 Å². The van der Waals surface area contributed by atoms with Crippen molar-refractivity contribution in [1.82, 2.24) is 10.2 Å². The molecule has 2 N–H and O–H groups in total. The predicted octanol–water partition coefficient (Wildman–Crippen LogP) is 0.588. The topological polar surface area (TPSA) is 121 Å². The molecule has 0 aromatic carbocycles. The maximum absolute atomic E-state index is 12.5. The van der Waals surface area contributed by atoms with Gasteiger partial charge in [-0.15, -0.1) is 23.1 Å². The van der Waals surface area contributed by atoms with Crippen LogP contribution in [0.4, 0.5) is 0 Å². The van der Waals surface area contributed by atoms with Gasteiger partial charge in [0, 0.05) is 22.3 Å². The average Bonchev–Trinajstić information content (AvgIpc) is 3.08. The summed E-state index contributed by atoms with van der Waals surface area (Å²) in [5.41, 5.74) is -0.00158. The highest BCUT2D eigenvalue weighted by Crippen LogP contribution is 2.40. The molecule has 144 valence electrons. The predicted molar refractivity (Wildman–Crippen MR) is 102 cm³/mol. The van der Waals surface area contributed by atoms with Crippen LogP contribution in [0, 0.1) is 0 Å². The Morgan fingerprint density at radius 2 is 2.19 bits per heavy atom. The lowest BCUT2D eigenvalue weighted by Crippen LogP contribution is -2.70. The first-order valence-corrected chi connectivity index (χ1v) is 11.7. The van der Waals surface area contributed by atoms with Crippen molar-refractivity contribution in [2.75, 3.05) is 12.0 Å². The molecule has 0 saturated carbocycles. The number of thiophene rings is 1. The Morgan fingerprint density at radius 3 is 2.78 bits per heavy atom. The third-order valence-electron chi connectivity index (χ3n) is 3.95. The van der Waals surface area contributed by atoms with Gasteiger partial charge in [0.05, 0.1) is 6.42 Å². The second kappa shape index (κ2) is 7.49. The highest BCUT2D eigenvalue weighted by molar-refractivity contribution is 8.00. The Kier molecular flexibility index (Phi) is 5.45. The summed E-state index contributed by atoms with van der Waals surface area (Å²) in [6.07, 6.45) is 2.36. The van der Waals surface area contributed by atoms with E-state index < -0.39 is 33.1 Å². The number of carbonyl (C=O) groups is 3. The van der Waals surface area contributed by atoms with Crippen LogP contribution in [-0.2, 0) is 30.6 Å². The molecule has 1 saturated heterocycles. The monoisotopic (exact) mass is 428 g/mol. The maximum Gasteiger partial charge on any atom is 0.352 e. The number of β-lactam (4-membered cyclic amide) rings is 1. The van der Waals surface area contributed by atoms with E-state index in [4.69, 9.17) is 0 Å². The summed E-state index contributed by atoms with van der Waals surface area (Å²) in [6, 6.07) is 2.85. The Bertz CT molecular complexity index is 949. The van der Waals surface area contributed by atoms with Gasteiger partial charge in [-0.2, -0.15) is 0 Å². The van der Waals surface area contributed by atoms with Gasteiger partial charge in [0.1, 0.15) is 17.1 Å². The van der Waals surface area contributed by atoms with E-state index in [0.29, 0.717) is 0 Å². The number of hydrogen-bond donors (Lipinski definition) is 2. The molecule has 1 aromatic heterocycles. The molecular formula is C16H16N2O6S3. The van der Waals surface area contributed by atoms with Crippen LogP contribution in [0.15, 0.2) is 40.3 Å². The van der Waals surface area contributed by atoms with Gasteiger partial charge in [-0.3, -0.25) is 14.5 Å². The van der Waals surface area contributed by atoms with Gasteiger partial charge < -0.3 is 10.4 Å². The second-order valence-electron chi connectivity index (χ2n) is 6.02. The summed E-state index contributed by atoms with van der Waals surface area (Å²) in [6.45, 7) is 0. The minimum atomic E-state index is -3.43. The lowest BCUT2D eigenvalue weighted by atomic mass is 10.0. The van der Waals surface area contributed by atoms with Crippen molar-refractivity contribution >= 4 is 50.7 Å². The van der Waals surface area contributed by atoms with E-state index in [0.717, 1.165) is 21.4 Å². The fourth-order valence-electron chi connectivity index (χ4n) is 2.77. The Morgan fingerprint density at radius 1 is 1.44 bits per heavy atom. The highest BCUT2D eigenvalue weighted by atomic mass is 32.2. The molecule has 1 aromatic rings. The number of nitrogens with one attached hydrogen (secondary N) is 1. The van der Waals surface area contributed by atoms with Gasteiger partial charge in [-0.05, 0) is 23.1 Å². The number of nitrogens with zero attached hydrogens (tertiary/aromatic N) is 1. The Hall–Kier alpha value is -2.11. The largest absolute Gasteiger partial charge is 0.477 e. The Balaban J connectivity index is 1.76. The number of rotatable bonds is 6. The fraction of sp³-hybridized carbons (Fsp3) is 0.312. The number of fused-ring (bicyclic) bond motifs is 1. The van der Waals surface area contributed by atoms with Crippen molar-refractivity contribution < 1.29 is 27.9 Å². The molecule has 27 heavy (non-hydrogen) atoms. The van der Waals surface area contributed by atoms with Crippen LogP contribution in [0.1, 0.15) is 4.88 Å². The van der Waals surface area contributed by atoms with E-state index in [1.807, 2.05) is 17.5 Å². The Labute approximate surface area is 163 Å². The number of aliphatic carboxylic acids is 1. The van der Waals surface area contributed by atoms with Gasteiger partial charge in [0.25, 0.3) is 5.91 Å². The first-order chi connectivity index (χ1) is 12.7. The molecule has 3 rings (SSSR count). The zero-order chi connectivity index (χ0) is 19.8. The summed E-state index contributed by atoms with van der Waals surface area (Å²) in [5, 5.41) is 14.4. The van der Waals surface area contributed by atoms with Crippen molar-refractivity contribution in [2.45, 2.75) is 17.8 Å². The van der Waals surface area contributed by atoms with E-state index in [1.54, 1.807) is 0 Å². The number of allylic oxidation sites excluding steroid dienone is 1. The highest BCUT2D eigenvalue weighted by Gasteiger charge is 2.53. The number of sulfone groups is 1. The maximum atomic E-state index is 12.5. The SMILES string of the molecule is CS(=O)(=O)/C=C/C1=C(C(=O)O)N2C(=O)[C@@H](NC(=O)Cc3cccs3)[C@H]2SC1. The van der Waals surface area contributed by atoms with Crippen LogP contribution in [0.5, 0.6) is 0 Å². The zero-order valence-corrected chi connectivity index (χ0v) is 16.6. The fourth-order valence-corrected chi connectivity index (χ4v) is 5.21. The molecule has 0 bridgehead atoms. The summed E-state index contributed by atoms with van der Waals surface area (Å²) >= 11 is 2.72. The van der Waals surface area contributed by atoms with Gasteiger partial charge in [-0.25, -0.2) is 13.2 Å². The van der Waals surface area contributed by atoms with Crippen LogP contribution in [0.2, 0.25) is 0 Å². The van der Waals surface area contributed by atoms with Crippen molar-refractivity contribution in [1.29, 1.82) is 0 Å². The van der Waals surface area contributed by atoms with Gasteiger partial charge in [-0.1, -0.05) is 6.07 Å². The normalized spacial score (nSPS) is 22.6. The van der Waals surface area contributed by atoms with E-state index in [-0.39, 0.29) is 29.4 Å². The molecule has 8 nitrogen and oxygen atoms in total. The van der Waals surface area contributed by atoms with E-state index in [9.17, 15) is 27.9 Å². The number of thioether (sulfide) groups is 1. The number of carboxylic acid groups (broad SMARTS) is 1. The molecule has 2 amide bonds. The summed E-state index contributed by atoms with van der Waals surface area (Å²) in [5.74, 6) is -1.92. The van der Waals surface area contributed by atoms with E-state index in [2.05, 4.69) is 5.32 Å². The van der Waals surface area contributed by atoms with Crippen LogP contribution in [0.3, 0.4) is 0 Å². The molecule has 0 radical (unpaired) electrons. The zero-order valence-electron chi connectivity index (χ0n) is 14.1. The second-order valence-corrected chi connectivity index (χ2v) is 10.1. The summed E-state index contributed by atoms with van der Waals surface area (Å²) in [4.78, 5) is 38.2. The third kappa shape index (κ3) is 4.25. The van der Waals surface area contributed by atoms with Crippen molar-refractivity contribution in [3.8, 4) is 0 Å². The molecule has 3 heterocycles. The average molecular weight is 429 g/mol. The van der Waals surface area contributed by atoms with Crippen LogP contribution >= 0.6 is 23.1 Å². The standard InChI is InChI=1S/C16H16N2O6S3/c1-27(23,24)6-4-9-8-26-15-12(14(20)18(15)13(9)16(21)22)17-11(19)7-10-3-2-5-25-10/h2-6,12,15H,7-8H2,1H3,(H,17,19)(H,21,22)/b6-4+/t12-,15-/m1/s1. The smallest absolute Gasteiger partial charge is 0.352 e. The van der Waals surface area contributed by atoms with Crippen molar-refractivity contribution in [2.24, 2.45) is 0 Å². The number of carboxylic acids is 1. The molecular weight excluding hydrogens is 412 g/mol. The number of hydrogen-bond acceptors (Lipinski definition) is 7. The summed E-state index contributed by atoms with van der Waals surface area (Å²) in [7, 11) is -3.43. The lowest BCUT2D eigenvalue weighted by molar-refractivity contribution is -0.150. The first kappa shape index (κ1) is 19.6. The molecule has 0 spiro atoms. The van der Waals surface area contributed by atoms with E-state index >= 15 is 0 Å². The molecule has 11 heteroatoms. The quantitative estimate of drug-likeness (QED) is 0.636. The van der Waals surface area contributed by atoms with E-state index in [1.165, 1.54) is 29.2 Å². The third-order valence-corrected chi connectivity index (χ3v) is 6.76.